The zero-order valence-electron chi connectivity index (χ0n) is 16.6. The molecular formula is C21H25NO6. The van der Waals surface area contributed by atoms with E-state index < -0.39 is 0 Å². The van der Waals surface area contributed by atoms with Gasteiger partial charge in [-0.3, -0.25) is 4.79 Å². The Morgan fingerprint density at radius 1 is 0.929 bits per heavy atom. The van der Waals surface area contributed by atoms with Crippen LogP contribution in [0.1, 0.15) is 27.9 Å². The van der Waals surface area contributed by atoms with Crippen molar-refractivity contribution in [3.8, 4) is 28.7 Å². The number of ether oxygens (including phenoxy) is 4. The first-order chi connectivity index (χ1) is 13.5. The fourth-order valence-corrected chi connectivity index (χ4v) is 3.51. The first kappa shape index (κ1) is 19.7. The predicted molar refractivity (Wildman–Crippen MR) is 104 cm³/mol. The van der Waals surface area contributed by atoms with E-state index in [0.717, 1.165) is 17.5 Å². The number of hydrogen-bond acceptors (Lipinski definition) is 6. The number of methoxy groups -OCH3 is 4. The van der Waals surface area contributed by atoms with Gasteiger partial charge in [0.05, 0.1) is 28.4 Å². The molecule has 0 saturated heterocycles. The summed E-state index contributed by atoms with van der Waals surface area (Å²) in [6.07, 6.45) is 1.51. The number of phenols is 1. The molecule has 1 aliphatic heterocycles. The highest BCUT2D eigenvalue weighted by Gasteiger charge is 2.25. The maximum absolute atomic E-state index is 13.2. The van der Waals surface area contributed by atoms with E-state index in [4.69, 9.17) is 18.9 Å². The number of benzene rings is 2. The summed E-state index contributed by atoms with van der Waals surface area (Å²) in [6, 6.07) is 6.92. The van der Waals surface area contributed by atoms with Crippen LogP contribution in [0.25, 0.3) is 0 Å². The van der Waals surface area contributed by atoms with Crippen LogP contribution < -0.4 is 18.9 Å². The standard InChI is InChI=1S/C21H25NO6/c1-25-17-11-15-14(10-16(17)23)6-5-7-22(21(15)24)12-13-8-18(26-2)20(28-4)19(9-13)27-3/h8-11,23H,5-7,12H2,1-4H3. The summed E-state index contributed by atoms with van der Waals surface area (Å²) in [7, 11) is 6.15. The van der Waals surface area contributed by atoms with Crippen molar-refractivity contribution in [1.82, 2.24) is 4.90 Å². The van der Waals surface area contributed by atoms with E-state index in [0.29, 0.717) is 48.1 Å². The Morgan fingerprint density at radius 2 is 1.57 bits per heavy atom. The average Bonchev–Trinajstić information content (AvgIpc) is 2.85. The smallest absolute Gasteiger partial charge is 0.254 e. The van der Waals surface area contributed by atoms with Crippen molar-refractivity contribution >= 4 is 5.91 Å². The summed E-state index contributed by atoms with van der Waals surface area (Å²) in [5.74, 6) is 1.85. The highest BCUT2D eigenvalue weighted by molar-refractivity contribution is 5.97. The molecule has 3 rings (SSSR count). The lowest BCUT2D eigenvalue weighted by Gasteiger charge is -2.22. The van der Waals surface area contributed by atoms with Crippen LogP contribution in [0.4, 0.5) is 0 Å². The maximum Gasteiger partial charge on any atom is 0.254 e. The minimum Gasteiger partial charge on any atom is -0.504 e. The van der Waals surface area contributed by atoms with Crippen LogP contribution in [0, 0.1) is 0 Å². The van der Waals surface area contributed by atoms with E-state index in [1.807, 2.05) is 12.1 Å². The summed E-state index contributed by atoms with van der Waals surface area (Å²) in [4.78, 5) is 14.9. The molecule has 1 N–H and O–H groups in total. The third-order valence-corrected chi connectivity index (χ3v) is 4.89. The molecule has 7 nitrogen and oxygen atoms in total. The van der Waals surface area contributed by atoms with Gasteiger partial charge in [0.2, 0.25) is 5.75 Å². The first-order valence-electron chi connectivity index (χ1n) is 9.00. The fourth-order valence-electron chi connectivity index (χ4n) is 3.51. The van der Waals surface area contributed by atoms with Gasteiger partial charge >= 0.3 is 0 Å². The Labute approximate surface area is 164 Å². The third-order valence-electron chi connectivity index (χ3n) is 4.89. The molecule has 1 heterocycles. The summed E-state index contributed by atoms with van der Waals surface area (Å²) < 4.78 is 21.3. The number of hydrogen-bond donors (Lipinski definition) is 1. The molecule has 0 radical (unpaired) electrons. The monoisotopic (exact) mass is 387 g/mol. The molecule has 0 saturated carbocycles. The van der Waals surface area contributed by atoms with Crippen molar-refractivity contribution in [3.63, 3.8) is 0 Å². The lowest BCUT2D eigenvalue weighted by atomic mass is 10.0. The molecule has 0 atom stereocenters. The molecule has 7 heteroatoms. The number of fused-ring (bicyclic) bond motifs is 1. The van der Waals surface area contributed by atoms with Gasteiger partial charge in [0.1, 0.15) is 0 Å². The van der Waals surface area contributed by atoms with Gasteiger partial charge in [-0.25, -0.2) is 0 Å². The second kappa shape index (κ2) is 8.29. The maximum atomic E-state index is 13.2. The van der Waals surface area contributed by atoms with E-state index >= 15 is 0 Å². The Balaban J connectivity index is 1.94. The number of phenolic OH excluding ortho intramolecular Hbond substituents is 1. The van der Waals surface area contributed by atoms with Crippen molar-refractivity contribution in [3.05, 3.63) is 41.0 Å². The van der Waals surface area contributed by atoms with Gasteiger partial charge in [-0.15, -0.1) is 0 Å². The van der Waals surface area contributed by atoms with Crippen LogP contribution >= 0.6 is 0 Å². The zero-order chi connectivity index (χ0) is 20.3. The van der Waals surface area contributed by atoms with E-state index in [1.54, 1.807) is 38.4 Å². The Hall–Kier alpha value is -3.09. The number of carbonyl (C=O) groups excluding carboxylic acids is 1. The molecule has 28 heavy (non-hydrogen) atoms. The molecule has 0 fully saturated rings. The summed E-state index contributed by atoms with van der Waals surface area (Å²) >= 11 is 0. The van der Waals surface area contributed by atoms with Gasteiger partial charge in [0, 0.05) is 18.7 Å². The minimum atomic E-state index is -0.0976. The molecule has 0 spiro atoms. The van der Waals surface area contributed by atoms with Crippen molar-refractivity contribution in [2.45, 2.75) is 19.4 Å². The van der Waals surface area contributed by atoms with E-state index in [1.165, 1.54) is 7.11 Å². The van der Waals surface area contributed by atoms with Crippen molar-refractivity contribution in [2.24, 2.45) is 0 Å². The second-order valence-electron chi connectivity index (χ2n) is 6.55. The van der Waals surface area contributed by atoms with E-state index in [9.17, 15) is 9.90 Å². The highest BCUT2D eigenvalue weighted by atomic mass is 16.5. The van der Waals surface area contributed by atoms with E-state index in [-0.39, 0.29) is 11.7 Å². The number of nitrogens with zero attached hydrogens (tertiary/aromatic N) is 1. The van der Waals surface area contributed by atoms with Gasteiger partial charge in [0.15, 0.2) is 23.0 Å². The van der Waals surface area contributed by atoms with E-state index in [2.05, 4.69) is 0 Å². The van der Waals surface area contributed by atoms with Gasteiger partial charge in [0.25, 0.3) is 5.91 Å². The van der Waals surface area contributed by atoms with Crippen LogP contribution in [0.5, 0.6) is 28.7 Å². The summed E-state index contributed by atoms with van der Waals surface area (Å²) in [5.41, 5.74) is 2.26. The number of carbonyl (C=O) groups is 1. The van der Waals surface area contributed by atoms with Gasteiger partial charge in [-0.1, -0.05) is 0 Å². The topological polar surface area (TPSA) is 77.5 Å². The number of aromatic hydroxyl groups is 1. The molecular weight excluding hydrogens is 362 g/mol. The number of amides is 1. The quantitative estimate of drug-likeness (QED) is 0.821. The number of rotatable bonds is 6. The van der Waals surface area contributed by atoms with Gasteiger partial charge < -0.3 is 29.0 Å². The lowest BCUT2D eigenvalue weighted by molar-refractivity contribution is 0.0748. The van der Waals surface area contributed by atoms with Crippen LogP contribution in [-0.2, 0) is 13.0 Å². The lowest BCUT2D eigenvalue weighted by Crippen LogP contribution is -2.30. The molecule has 0 aliphatic carbocycles. The van der Waals surface area contributed by atoms with Crippen LogP contribution in [0.15, 0.2) is 24.3 Å². The van der Waals surface area contributed by atoms with Gasteiger partial charge in [-0.05, 0) is 48.2 Å². The van der Waals surface area contributed by atoms with Crippen molar-refractivity contribution < 1.29 is 28.8 Å². The molecule has 1 aliphatic rings. The normalized spacial score (nSPS) is 13.6. The Bertz CT molecular complexity index is 854. The summed E-state index contributed by atoms with van der Waals surface area (Å²) in [6.45, 7) is 1.01. The third kappa shape index (κ3) is 3.65. The molecule has 2 aromatic rings. The summed E-state index contributed by atoms with van der Waals surface area (Å²) in [5, 5.41) is 10.0. The molecule has 150 valence electrons. The Kier molecular flexibility index (Phi) is 5.82. The molecule has 2 aromatic carbocycles. The second-order valence-corrected chi connectivity index (χ2v) is 6.55. The molecule has 0 aromatic heterocycles. The SMILES string of the molecule is COc1cc2c(cc1O)CCCN(Cc1cc(OC)c(OC)c(OC)c1)C2=O. The van der Waals surface area contributed by atoms with Crippen LogP contribution in [0.3, 0.4) is 0 Å². The highest BCUT2D eigenvalue weighted by Crippen LogP contribution is 2.39. The molecule has 0 bridgehead atoms. The fraction of sp³-hybridized carbons (Fsp3) is 0.381. The average molecular weight is 387 g/mol. The first-order valence-corrected chi connectivity index (χ1v) is 9.00. The van der Waals surface area contributed by atoms with Crippen LogP contribution in [-0.4, -0.2) is 50.9 Å². The minimum absolute atomic E-state index is 0.0483. The van der Waals surface area contributed by atoms with Crippen molar-refractivity contribution in [1.29, 1.82) is 0 Å². The molecule has 1 amide bonds. The zero-order valence-corrected chi connectivity index (χ0v) is 16.6. The van der Waals surface area contributed by atoms with Gasteiger partial charge in [-0.2, -0.15) is 0 Å². The van der Waals surface area contributed by atoms with Crippen LogP contribution in [0.2, 0.25) is 0 Å². The predicted octanol–water partition coefficient (Wildman–Crippen LogP) is 3.02. The molecule has 0 unspecified atom stereocenters. The largest absolute Gasteiger partial charge is 0.504 e. The van der Waals surface area contributed by atoms with Crippen molar-refractivity contribution in [2.75, 3.05) is 35.0 Å². The number of aryl methyl sites for hydroxylation is 1. The Morgan fingerprint density at radius 3 is 2.14 bits per heavy atom.